The van der Waals surface area contributed by atoms with E-state index in [-0.39, 0.29) is 11.8 Å². The maximum Gasteiger partial charge on any atom is 0.223 e. The van der Waals surface area contributed by atoms with Crippen LogP contribution in [-0.2, 0) is 4.79 Å². The Bertz CT molecular complexity index is 478. The molecule has 1 aromatic carbocycles. The van der Waals surface area contributed by atoms with Crippen LogP contribution in [0, 0.1) is 11.3 Å². The molecule has 94 valence electrons. The van der Waals surface area contributed by atoms with Gasteiger partial charge in [-0.2, -0.15) is 5.26 Å². The number of hydrogen-bond acceptors (Lipinski definition) is 3. The lowest BCUT2D eigenvalue weighted by atomic mass is 9.97. The second-order valence-corrected chi connectivity index (χ2v) is 4.59. The number of anilines is 1. The van der Waals surface area contributed by atoms with Crippen LogP contribution < -0.4 is 5.32 Å². The first-order valence-electron chi connectivity index (χ1n) is 6.16. The molecule has 1 aliphatic rings. The molecule has 0 aromatic heterocycles. The normalized spacial score (nSPS) is 16.6. The van der Waals surface area contributed by atoms with Gasteiger partial charge in [-0.05, 0) is 11.6 Å². The summed E-state index contributed by atoms with van der Waals surface area (Å²) >= 11 is 0. The minimum absolute atomic E-state index is 0.105. The Labute approximate surface area is 107 Å². The van der Waals surface area contributed by atoms with Crippen molar-refractivity contribution in [3.63, 3.8) is 0 Å². The molecule has 0 saturated carbocycles. The molecule has 1 amide bonds. The number of carbonyl (C=O) groups is 1. The molecule has 2 rings (SSSR count). The lowest BCUT2D eigenvalue weighted by Crippen LogP contribution is -2.29. The summed E-state index contributed by atoms with van der Waals surface area (Å²) in [6.45, 7) is 1.33. The highest BCUT2D eigenvalue weighted by atomic mass is 16.2. The number of para-hydroxylation sites is 1. The van der Waals surface area contributed by atoms with E-state index in [0.29, 0.717) is 19.4 Å². The molecule has 18 heavy (non-hydrogen) atoms. The van der Waals surface area contributed by atoms with Crippen molar-refractivity contribution in [1.82, 2.24) is 4.90 Å². The predicted molar refractivity (Wildman–Crippen MR) is 70.2 cm³/mol. The van der Waals surface area contributed by atoms with Gasteiger partial charge in [0.2, 0.25) is 5.91 Å². The van der Waals surface area contributed by atoms with Crippen molar-refractivity contribution in [2.45, 2.75) is 18.8 Å². The minimum atomic E-state index is 0.105. The average Bonchev–Trinajstić information content (AvgIpc) is 2.79. The van der Waals surface area contributed by atoms with Crippen molar-refractivity contribution in [2.24, 2.45) is 0 Å². The molecular formula is C14H17N3O. The van der Waals surface area contributed by atoms with Crippen molar-refractivity contribution >= 4 is 11.6 Å². The highest BCUT2D eigenvalue weighted by Gasteiger charge is 2.25. The van der Waals surface area contributed by atoms with E-state index in [9.17, 15) is 4.79 Å². The minimum Gasteiger partial charge on any atom is -0.384 e. The monoisotopic (exact) mass is 243 g/mol. The summed E-state index contributed by atoms with van der Waals surface area (Å²) in [6, 6.07) is 10.2. The van der Waals surface area contributed by atoms with E-state index in [1.165, 1.54) is 5.56 Å². The highest BCUT2D eigenvalue weighted by Crippen LogP contribution is 2.33. The third kappa shape index (κ3) is 2.62. The van der Waals surface area contributed by atoms with Crippen LogP contribution in [0.15, 0.2) is 24.3 Å². The van der Waals surface area contributed by atoms with E-state index in [0.717, 1.165) is 12.2 Å². The summed E-state index contributed by atoms with van der Waals surface area (Å²) in [6.07, 6.45) is 0.897. The van der Waals surface area contributed by atoms with Crippen LogP contribution in [-0.4, -0.2) is 30.9 Å². The summed E-state index contributed by atoms with van der Waals surface area (Å²) in [5, 5.41) is 11.8. The molecule has 1 aliphatic heterocycles. The molecule has 1 aromatic rings. The third-order valence-electron chi connectivity index (χ3n) is 3.35. The largest absolute Gasteiger partial charge is 0.384 e. The Balaban J connectivity index is 1.95. The maximum absolute atomic E-state index is 12.0. The second-order valence-electron chi connectivity index (χ2n) is 4.59. The van der Waals surface area contributed by atoms with Gasteiger partial charge in [0, 0.05) is 38.2 Å². The fraction of sp³-hybridized carbons (Fsp3) is 0.429. The van der Waals surface area contributed by atoms with Gasteiger partial charge in [-0.15, -0.1) is 0 Å². The van der Waals surface area contributed by atoms with Gasteiger partial charge in [-0.25, -0.2) is 0 Å². The van der Waals surface area contributed by atoms with Crippen molar-refractivity contribution in [3.8, 4) is 6.07 Å². The number of hydrogen-bond donors (Lipinski definition) is 1. The Hall–Kier alpha value is -2.02. The topological polar surface area (TPSA) is 56.1 Å². The van der Waals surface area contributed by atoms with Gasteiger partial charge in [-0.1, -0.05) is 18.2 Å². The zero-order valence-corrected chi connectivity index (χ0v) is 10.5. The molecule has 4 heteroatoms. The molecule has 1 atom stereocenters. The van der Waals surface area contributed by atoms with Crippen LogP contribution in [0.3, 0.4) is 0 Å². The molecule has 0 saturated heterocycles. The summed E-state index contributed by atoms with van der Waals surface area (Å²) in [7, 11) is 1.76. The number of amides is 1. The molecule has 0 spiro atoms. The van der Waals surface area contributed by atoms with Gasteiger partial charge < -0.3 is 10.2 Å². The number of carbonyl (C=O) groups excluding carboxylic acids is 1. The molecule has 0 radical (unpaired) electrons. The van der Waals surface area contributed by atoms with Crippen molar-refractivity contribution in [2.75, 3.05) is 25.5 Å². The number of fused-ring (bicyclic) bond motifs is 1. The molecule has 1 heterocycles. The molecule has 0 aliphatic carbocycles. The summed E-state index contributed by atoms with van der Waals surface area (Å²) in [4.78, 5) is 13.6. The smallest absolute Gasteiger partial charge is 0.223 e. The lowest BCUT2D eigenvalue weighted by molar-refractivity contribution is -0.130. The third-order valence-corrected chi connectivity index (χ3v) is 3.35. The molecule has 0 bridgehead atoms. The number of nitriles is 1. The Morgan fingerprint density at radius 2 is 2.33 bits per heavy atom. The zero-order chi connectivity index (χ0) is 13.0. The number of rotatable bonds is 4. The number of benzene rings is 1. The van der Waals surface area contributed by atoms with Gasteiger partial charge in [0.1, 0.15) is 0 Å². The molecule has 0 fully saturated rings. The maximum atomic E-state index is 12.0. The van der Waals surface area contributed by atoms with E-state index in [4.69, 9.17) is 5.26 Å². The first-order valence-corrected chi connectivity index (χ1v) is 6.16. The van der Waals surface area contributed by atoms with Crippen LogP contribution in [0.4, 0.5) is 5.69 Å². The lowest BCUT2D eigenvalue weighted by Gasteiger charge is -2.18. The second kappa shape index (κ2) is 5.54. The first kappa shape index (κ1) is 12.4. The van der Waals surface area contributed by atoms with E-state index in [1.54, 1.807) is 11.9 Å². The SMILES string of the molecule is CN(CCC#N)C(=O)CC1CNc2ccccc21. The summed E-state index contributed by atoms with van der Waals surface area (Å²) in [5.74, 6) is 0.354. The first-order chi connectivity index (χ1) is 8.72. The van der Waals surface area contributed by atoms with Crippen LogP contribution in [0.1, 0.15) is 24.3 Å². The standard InChI is InChI=1S/C14H17N3O/c1-17(8-4-7-15)14(18)9-11-10-16-13-6-3-2-5-12(11)13/h2-3,5-6,11,16H,4,8-10H2,1H3. The van der Waals surface area contributed by atoms with Crippen molar-refractivity contribution in [1.29, 1.82) is 5.26 Å². The summed E-state index contributed by atoms with van der Waals surface area (Å²) in [5.41, 5.74) is 2.36. The van der Waals surface area contributed by atoms with Gasteiger partial charge in [0.05, 0.1) is 12.5 Å². The zero-order valence-electron chi connectivity index (χ0n) is 10.5. The molecule has 1 unspecified atom stereocenters. The van der Waals surface area contributed by atoms with Crippen LogP contribution in [0.25, 0.3) is 0 Å². The van der Waals surface area contributed by atoms with Crippen LogP contribution in [0.5, 0.6) is 0 Å². The van der Waals surface area contributed by atoms with Crippen molar-refractivity contribution in [3.05, 3.63) is 29.8 Å². The van der Waals surface area contributed by atoms with Crippen LogP contribution in [0.2, 0.25) is 0 Å². The fourth-order valence-electron chi connectivity index (χ4n) is 2.25. The number of nitrogens with zero attached hydrogens (tertiary/aromatic N) is 2. The van der Waals surface area contributed by atoms with Gasteiger partial charge in [-0.3, -0.25) is 4.79 Å². The average molecular weight is 243 g/mol. The van der Waals surface area contributed by atoms with Gasteiger partial charge >= 0.3 is 0 Å². The molecular weight excluding hydrogens is 226 g/mol. The van der Waals surface area contributed by atoms with E-state index in [1.807, 2.05) is 18.2 Å². The highest BCUT2D eigenvalue weighted by molar-refractivity contribution is 5.78. The van der Waals surface area contributed by atoms with Gasteiger partial charge in [0.15, 0.2) is 0 Å². The van der Waals surface area contributed by atoms with E-state index >= 15 is 0 Å². The van der Waals surface area contributed by atoms with E-state index in [2.05, 4.69) is 17.5 Å². The van der Waals surface area contributed by atoms with Gasteiger partial charge in [0.25, 0.3) is 0 Å². The fourth-order valence-corrected chi connectivity index (χ4v) is 2.25. The Morgan fingerprint density at radius 3 is 3.11 bits per heavy atom. The molecule has 1 N–H and O–H groups in total. The Kier molecular flexibility index (Phi) is 3.83. The molecule has 4 nitrogen and oxygen atoms in total. The Morgan fingerprint density at radius 1 is 1.56 bits per heavy atom. The quantitative estimate of drug-likeness (QED) is 0.879. The predicted octanol–water partition coefficient (Wildman–Crippen LogP) is 1.96. The number of nitrogens with one attached hydrogen (secondary N) is 1. The van der Waals surface area contributed by atoms with E-state index < -0.39 is 0 Å². The summed E-state index contributed by atoms with van der Waals surface area (Å²) < 4.78 is 0. The van der Waals surface area contributed by atoms with Crippen LogP contribution >= 0.6 is 0 Å². The van der Waals surface area contributed by atoms with Crippen molar-refractivity contribution < 1.29 is 4.79 Å².